The Hall–Kier alpha value is -3.89. The number of sulfonamides is 1. The van der Waals surface area contributed by atoms with Gasteiger partial charge >= 0.3 is 0 Å². The topological polar surface area (TPSA) is 154 Å². The highest BCUT2D eigenvalue weighted by atomic mass is 35.5. The van der Waals surface area contributed by atoms with Crippen LogP contribution < -0.4 is 9.46 Å². The van der Waals surface area contributed by atoms with Crippen LogP contribution in [0.2, 0.25) is 5.15 Å². The van der Waals surface area contributed by atoms with Gasteiger partial charge in [-0.25, -0.2) is 28.4 Å². The van der Waals surface area contributed by atoms with Crippen molar-refractivity contribution in [1.82, 2.24) is 24.5 Å². The van der Waals surface area contributed by atoms with E-state index in [0.717, 1.165) is 6.26 Å². The first-order valence-corrected chi connectivity index (χ1v) is 11.6. The number of aliphatic imine (C=N–C) groups is 1. The number of nitrogens with one attached hydrogen (secondary N) is 1. The number of rotatable bonds is 6. The first kappa shape index (κ1) is 22.3. The molecule has 0 saturated heterocycles. The van der Waals surface area contributed by atoms with Crippen LogP contribution in [0.5, 0.6) is 11.5 Å². The number of pyridine rings is 1. The number of fused-ring (bicyclic) bond motifs is 1. The fraction of sp³-hybridized carbons (Fsp3) is 0.211. The number of aromatic hydroxyl groups is 1. The van der Waals surface area contributed by atoms with Gasteiger partial charge in [0.05, 0.1) is 38.4 Å². The van der Waals surface area contributed by atoms with E-state index in [2.05, 4.69) is 41.1 Å². The quantitative estimate of drug-likeness (QED) is 0.495. The Bertz CT molecular complexity index is 1520. The minimum absolute atomic E-state index is 0.0457. The molecule has 0 radical (unpaired) electrons. The molecular weight excluding hydrogens is 474 g/mol. The number of ether oxygens (including phenoxy) is 2. The summed E-state index contributed by atoms with van der Waals surface area (Å²) in [6.07, 6.45) is 5.03. The SMILES string of the molecule is CCOC1=NC(c2nc3nc(Cl)c(NS(C)(=O)=O)nc3n2-c2c(O)cncc2OC)=C=C=C1. The van der Waals surface area contributed by atoms with E-state index in [1.165, 1.54) is 30.1 Å². The van der Waals surface area contributed by atoms with Gasteiger partial charge in [-0.3, -0.25) is 14.3 Å². The zero-order chi connectivity index (χ0) is 23.8. The van der Waals surface area contributed by atoms with Crippen LogP contribution in [0.25, 0.3) is 22.7 Å². The van der Waals surface area contributed by atoms with E-state index in [1.807, 2.05) is 0 Å². The summed E-state index contributed by atoms with van der Waals surface area (Å²) in [5.74, 6) is 0.0897. The number of hydrogen-bond acceptors (Lipinski definition) is 10. The van der Waals surface area contributed by atoms with Crippen molar-refractivity contribution in [2.75, 3.05) is 24.7 Å². The van der Waals surface area contributed by atoms with Crippen molar-refractivity contribution in [2.24, 2.45) is 4.99 Å². The molecule has 33 heavy (non-hydrogen) atoms. The molecule has 0 spiro atoms. The molecule has 1 aliphatic rings. The Balaban J connectivity index is 2.08. The highest BCUT2D eigenvalue weighted by molar-refractivity contribution is 7.92. The van der Waals surface area contributed by atoms with Crippen LogP contribution in [0.15, 0.2) is 34.9 Å². The van der Waals surface area contributed by atoms with Gasteiger partial charge in [-0.1, -0.05) is 17.3 Å². The fourth-order valence-corrected chi connectivity index (χ4v) is 3.67. The zero-order valence-electron chi connectivity index (χ0n) is 17.5. The second kappa shape index (κ2) is 8.57. The summed E-state index contributed by atoms with van der Waals surface area (Å²) in [6.45, 7) is 2.18. The predicted octanol–water partition coefficient (Wildman–Crippen LogP) is 2.05. The van der Waals surface area contributed by atoms with Gasteiger partial charge in [0.15, 0.2) is 45.3 Å². The van der Waals surface area contributed by atoms with Crippen LogP contribution >= 0.6 is 11.6 Å². The van der Waals surface area contributed by atoms with E-state index < -0.39 is 10.0 Å². The van der Waals surface area contributed by atoms with E-state index in [-0.39, 0.29) is 56.9 Å². The molecule has 0 fully saturated rings. The minimum Gasteiger partial charge on any atom is -0.504 e. The van der Waals surface area contributed by atoms with Gasteiger partial charge in [-0.05, 0) is 12.7 Å². The van der Waals surface area contributed by atoms with E-state index >= 15 is 0 Å². The van der Waals surface area contributed by atoms with Crippen LogP contribution in [-0.2, 0) is 14.8 Å². The summed E-state index contributed by atoms with van der Waals surface area (Å²) in [6, 6.07) is 0. The van der Waals surface area contributed by atoms with Crippen LogP contribution in [0, 0.1) is 0 Å². The van der Waals surface area contributed by atoms with Crippen molar-refractivity contribution in [2.45, 2.75) is 6.92 Å². The largest absolute Gasteiger partial charge is 0.504 e. The molecule has 0 saturated carbocycles. The van der Waals surface area contributed by atoms with Crippen LogP contribution in [0.4, 0.5) is 5.82 Å². The summed E-state index contributed by atoms with van der Waals surface area (Å²) in [5.41, 5.74) is 6.05. The average molecular weight is 490 g/mol. The lowest BCUT2D eigenvalue weighted by molar-refractivity contribution is 0.330. The molecule has 0 unspecified atom stereocenters. The van der Waals surface area contributed by atoms with E-state index in [0.29, 0.717) is 6.61 Å². The van der Waals surface area contributed by atoms with Gasteiger partial charge in [0.25, 0.3) is 0 Å². The van der Waals surface area contributed by atoms with Gasteiger partial charge in [0, 0.05) is 0 Å². The molecule has 1 aliphatic heterocycles. The molecule has 0 aliphatic carbocycles. The van der Waals surface area contributed by atoms with Crippen molar-refractivity contribution in [3.63, 3.8) is 0 Å². The lowest BCUT2D eigenvalue weighted by Gasteiger charge is -2.14. The molecule has 4 rings (SSSR count). The second-order valence-corrected chi connectivity index (χ2v) is 8.62. The highest BCUT2D eigenvalue weighted by Crippen LogP contribution is 2.36. The lowest BCUT2D eigenvalue weighted by Crippen LogP contribution is -2.12. The van der Waals surface area contributed by atoms with Crippen molar-refractivity contribution >= 4 is 50.3 Å². The number of imidazole rings is 1. The first-order chi connectivity index (χ1) is 15.7. The Kier molecular flexibility index (Phi) is 5.79. The van der Waals surface area contributed by atoms with Crippen LogP contribution in [0.1, 0.15) is 12.7 Å². The van der Waals surface area contributed by atoms with Crippen molar-refractivity contribution < 1.29 is 23.0 Å². The number of hydrogen-bond donors (Lipinski definition) is 2. The molecule has 4 heterocycles. The second-order valence-electron chi connectivity index (χ2n) is 6.51. The van der Waals surface area contributed by atoms with Crippen molar-refractivity contribution in [1.29, 1.82) is 0 Å². The fourth-order valence-electron chi connectivity index (χ4n) is 2.95. The van der Waals surface area contributed by atoms with E-state index in [4.69, 9.17) is 21.1 Å². The molecule has 3 aromatic rings. The average Bonchev–Trinajstić information content (AvgIpc) is 3.11. The molecule has 3 aromatic heterocycles. The minimum atomic E-state index is -3.71. The number of methoxy groups -OCH3 is 1. The molecule has 0 bridgehead atoms. The Morgan fingerprint density at radius 2 is 2.06 bits per heavy atom. The van der Waals surface area contributed by atoms with Crippen molar-refractivity contribution in [3.8, 4) is 17.2 Å². The van der Waals surface area contributed by atoms with Crippen molar-refractivity contribution in [3.05, 3.63) is 40.9 Å². The van der Waals surface area contributed by atoms with Gasteiger partial charge < -0.3 is 14.6 Å². The Morgan fingerprint density at radius 3 is 2.76 bits per heavy atom. The maximum atomic E-state index is 11.8. The third kappa shape index (κ3) is 4.38. The molecule has 0 aromatic carbocycles. The number of anilines is 1. The zero-order valence-corrected chi connectivity index (χ0v) is 19.1. The molecule has 0 atom stereocenters. The molecule has 12 nitrogen and oxygen atoms in total. The van der Waals surface area contributed by atoms with E-state index in [9.17, 15) is 13.5 Å². The van der Waals surface area contributed by atoms with Gasteiger partial charge in [-0.15, -0.1) is 0 Å². The third-order valence-corrected chi connectivity index (χ3v) is 4.98. The highest BCUT2D eigenvalue weighted by Gasteiger charge is 2.26. The van der Waals surface area contributed by atoms with Gasteiger partial charge in [-0.2, -0.15) is 0 Å². The maximum Gasteiger partial charge on any atom is 0.231 e. The smallest absolute Gasteiger partial charge is 0.231 e. The first-order valence-electron chi connectivity index (χ1n) is 9.30. The molecular formula is C19H16ClN7O5S. The van der Waals surface area contributed by atoms with Crippen LogP contribution in [-0.4, -0.2) is 63.9 Å². The summed E-state index contributed by atoms with van der Waals surface area (Å²) < 4.78 is 37.9. The molecule has 0 amide bonds. The Morgan fingerprint density at radius 1 is 1.27 bits per heavy atom. The normalized spacial score (nSPS) is 13.1. The molecule has 170 valence electrons. The van der Waals surface area contributed by atoms with Gasteiger partial charge in [0.2, 0.25) is 15.9 Å². The number of halogens is 1. The third-order valence-electron chi connectivity index (χ3n) is 4.16. The maximum absolute atomic E-state index is 11.8. The van der Waals surface area contributed by atoms with E-state index in [1.54, 1.807) is 6.92 Å². The number of aromatic nitrogens is 5. The summed E-state index contributed by atoms with van der Waals surface area (Å²) in [5, 5.41) is 10.4. The standard InChI is InChI=1S/C19H16ClN7O5S/c1-4-32-13-7-5-6-10(22-13)18-25-17-19(24-16(15(20)23-17)26-33(3,29)30)27(18)14-11(28)8-21-9-12(14)31-2/h7-9,28H,4H2,1-3H3,(H,24,26). The monoisotopic (exact) mass is 489 g/mol. The summed E-state index contributed by atoms with van der Waals surface area (Å²) in [4.78, 5) is 21.2. The number of nitrogens with zero attached hydrogens (tertiary/aromatic N) is 6. The summed E-state index contributed by atoms with van der Waals surface area (Å²) >= 11 is 6.14. The predicted molar refractivity (Wildman–Crippen MR) is 120 cm³/mol. The molecule has 14 heteroatoms. The lowest BCUT2D eigenvalue weighted by atomic mass is 10.3. The van der Waals surface area contributed by atoms with Gasteiger partial charge in [0.1, 0.15) is 5.69 Å². The Labute approximate surface area is 192 Å². The van der Waals surface area contributed by atoms with Crippen LogP contribution in [0.3, 0.4) is 0 Å². The summed E-state index contributed by atoms with van der Waals surface area (Å²) in [7, 11) is -2.32. The molecule has 2 N–H and O–H groups in total.